The van der Waals surface area contributed by atoms with Gasteiger partial charge in [0.25, 0.3) is 0 Å². The van der Waals surface area contributed by atoms with Crippen molar-refractivity contribution in [3.05, 3.63) is 0 Å². The summed E-state index contributed by atoms with van der Waals surface area (Å²) in [6.07, 6.45) is 6.16. The largest absolute Gasteiger partial charge is 0.356 e. The van der Waals surface area contributed by atoms with Gasteiger partial charge in [0.15, 0.2) is 0 Å². The molecule has 0 aromatic rings. The molecule has 0 aliphatic carbocycles. The van der Waals surface area contributed by atoms with E-state index in [4.69, 9.17) is 0 Å². The van der Waals surface area contributed by atoms with E-state index in [1.54, 1.807) is 6.92 Å². The van der Waals surface area contributed by atoms with Gasteiger partial charge in [-0.2, -0.15) is 0 Å². The average molecular weight is 214 g/mol. The maximum absolute atomic E-state index is 10.6. The Balaban J connectivity index is 2.96. The van der Waals surface area contributed by atoms with E-state index in [0.717, 1.165) is 19.5 Å². The molecular weight excluding hydrogens is 188 g/mol. The van der Waals surface area contributed by atoms with Crippen LogP contribution in [-0.4, -0.2) is 25.0 Å². The van der Waals surface area contributed by atoms with E-state index >= 15 is 0 Å². The van der Waals surface area contributed by atoms with Crippen molar-refractivity contribution in [2.45, 2.75) is 58.9 Å². The van der Waals surface area contributed by atoms with Crippen molar-refractivity contribution in [1.29, 1.82) is 0 Å². The Labute approximate surface area is 94.0 Å². The normalized spacial score (nSPS) is 10.7. The fourth-order valence-corrected chi connectivity index (χ4v) is 1.44. The Morgan fingerprint density at radius 2 is 1.53 bits per heavy atom. The van der Waals surface area contributed by atoms with Crippen LogP contribution in [0.15, 0.2) is 0 Å². The zero-order chi connectivity index (χ0) is 11.5. The maximum atomic E-state index is 10.6. The average Bonchev–Trinajstić information content (AvgIpc) is 2.14. The summed E-state index contributed by atoms with van der Waals surface area (Å²) < 4.78 is 0. The van der Waals surface area contributed by atoms with E-state index in [0.29, 0.717) is 6.04 Å². The summed E-state index contributed by atoms with van der Waals surface area (Å²) >= 11 is 0. The summed E-state index contributed by atoms with van der Waals surface area (Å²) in [6.45, 7) is 7.88. The molecule has 90 valence electrons. The number of nitrogens with one attached hydrogen (secondary N) is 2. The van der Waals surface area contributed by atoms with E-state index in [-0.39, 0.29) is 5.91 Å². The van der Waals surface area contributed by atoms with Crippen LogP contribution >= 0.6 is 0 Å². The molecule has 0 heterocycles. The summed E-state index contributed by atoms with van der Waals surface area (Å²) in [4.78, 5) is 10.6. The van der Waals surface area contributed by atoms with Crippen LogP contribution in [0.4, 0.5) is 0 Å². The molecule has 0 radical (unpaired) electrons. The summed E-state index contributed by atoms with van der Waals surface area (Å²) in [6, 6.07) is 0.602. The van der Waals surface area contributed by atoms with Crippen molar-refractivity contribution in [1.82, 2.24) is 10.6 Å². The highest BCUT2D eigenvalue weighted by atomic mass is 16.1. The van der Waals surface area contributed by atoms with Crippen LogP contribution in [0.3, 0.4) is 0 Å². The number of carbonyl (C=O) groups is 1. The molecule has 0 fully saturated rings. The van der Waals surface area contributed by atoms with Gasteiger partial charge < -0.3 is 10.6 Å². The van der Waals surface area contributed by atoms with Gasteiger partial charge in [0.1, 0.15) is 0 Å². The molecule has 0 aromatic carbocycles. The molecule has 0 aliphatic heterocycles. The molecule has 0 unspecified atom stereocenters. The van der Waals surface area contributed by atoms with Gasteiger partial charge in [-0.1, -0.05) is 33.1 Å². The quantitative estimate of drug-likeness (QED) is 0.577. The molecule has 0 rings (SSSR count). The lowest BCUT2D eigenvalue weighted by molar-refractivity contribution is -0.118. The molecule has 0 aliphatic rings. The standard InChI is InChI=1S/C12H26N2O/c1-11(2)13-9-7-5-4-6-8-10-14-12(3)15/h11,13H,4-10H2,1-3H3,(H,14,15). The van der Waals surface area contributed by atoms with Gasteiger partial charge in [-0.25, -0.2) is 0 Å². The highest BCUT2D eigenvalue weighted by Gasteiger charge is 1.94. The molecule has 3 nitrogen and oxygen atoms in total. The summed E-state index contributed by atoms with van der Waals surface area (Å²) in [5.41, 5.74) is 0. The summed E-state index contributed by atoms with van der Waals surface area (Å²) in [7, 11) is 0. The topological polar surface area (TPSA) is 41.1 Å². The van der Waals surface area contributed by atoms with Crippen LogP contribution in [0.5, 0.6) is 0 Å². The van der Waals surface area contributed by atoms with Gasteiger partial charge in [-0.3, -0.25) is 4.79 Å². The fourth-order valence-electron chi connectivity index (χ4n) is 1.44. The molecule has 0 atom stereocenters. The third-order valence-corrected chi connectivity index (χ3v) is 2.28. The Kier molecular flexibility index (Phi) is 9.59. The zero-order valence-corrected chi connectivity index (χ0v) is 10.4. The van der Waals surface area contributed by atoms with Gasteiger partial charge in [-0.15, -0.1) is 0 Å². The number of hydrogen-bond acceptors (Lipinski definition) is 2. The summed E-state index contributed by atoms with van der Waals surface area (Å²) in [5, 5.41) is 6.22. The minimum absolute atomic E-state index is 0.0798. The van der Waals surface area contributed by atoms with Crippen molar-refractivity contribution >= 4 is 5.91 Å². The minimum atomic E-state index is 0.0798. The lowest BCUT2D eigenvalue weighted by Crippen LogP contribution is -2.23. The van der Waals surface area contributed by atoms with Gasteiger partial charge in [0.05, 0.1) is 0 Å². The van der Waals surface area contributed by atoms with E-state index < -0.39 is 0 Å². The van der Waals surface area contributed by atoms with E-state index in [2.05, 4.69) is 24.5 Å². The molecule has 2 N–H and O–H groups in total. The highest BCUT2D eigenvalue weighted by Crippen LogP contribution is 2.01. The molecule has 0 spiro atoms. The lowest BCUT2D eigenvalue weighted by atomic mass is 10.1. The molecule has 0 saturated heterocycles. The van der Waals surface area contributed by atoms with Gasteiger partial charge in [0, 0.05) is 19.5 Å². The molecule has 3 heteroatoms. The molecular formula is C12H26N2O. The maximum Gasteiger partial charge on any atom is 0.216 e. The Morgan fingerprint density at radius 3 is 2.07 bits per heavy atom. The predicted molar refractivity (Wildman–Crippen MR) is 64.9 cm³/mol. The van der Waals surface area contributed by atoms with Gasteiger partial charge in [0.2, 0.25) is 5.91 Å². The Hall–Kier alpha value is -0.570. The van der Waals surface area contributed by atoms with Gasteiger partial charge in [-0.05, 0) is 19.4 Å². The first-order chi connectivity index (χ1) is 7.13. The van der Waals surface area contributed by atoms with Crippen LogP contribution in [0.1, 0.15) is 52.9 Å². The first-order valence-electron chi connectivity index (χ1n) is 6.10. The smallest absolute Gasteiger partial charge is 0.216 e. The minimum Gasteiger partial charge on any atom is -0.356 e. The van der Waals surface area contributed by atoms with Crippen molar-refractivity contribution < 1.29 is 4.79 Å². The SMILES string of the molecule is CC(=O)NCCCCCCCNC(C)C. The zero-order valence-electron chi connectivity index (χ0n) is 10.4. The van der Waals surface area contributed by atoms with Crippen LogP contribution in [0.25, 0.3) is 0 Å². The highest BCUT2D eigenvalue weighted by molar-refractivity contribution is 5.72. The van der Waals surface area contributed by atoms with Crippen molar-refractivity contribution in [2.75, 3.05) is 13.1 Å². The fraction of sp³-hybridized carbons (Fsp3) is 0.917. The van der Waals surface area contributed by atoms with Crippen molar-refractivity contribution in [2.24, 2.45) is 0 Å². The molecule has 1 amide bonds. The second kappa shape index (κ2) is 9.97. The summed E-state index contributed by atoms with van der Waals surface area (Å²) in [5.74, 6) is 0.0798. The first kappa shape index (κ1) is 14.4. The van der Waals surface area contributed by atoms with E-state index in [1.165, 1.54) is 25.7 Å². The number of unbranched alkanes of at least 4 members (excludes halogenated alkanes) is 4. The molecule has 15 heavy (non-hydrogen) atoms. The Bertz CT molecular complexity index is 158. The molecule has 0 aromatic heterocycles. The Morgan fingerprint density at radius 1 is 1.00 bits per heavy atom. The second-order valence-corrected chi connectivity index (χ2v) is 4.36. The van der Waals surface area contributed by atoms with Crippen molar-refractivity contribution in [3.63, 3.8) is 0 Å². The number of rotatable bonds is 9. The van der Waals surface area contributed by atoms with Crippen LogP contribution < -0.4 is 10.6 Å². The molecule has 0 bridgehead atoms. The predicted octanol–water partition coefficient (Wildman–Crippen LogP) is 2.07. The van der Waals surface area contributed by atoms with Crippen LogP contribution in [0, 0.1) is 0 Å². The third kappa shape index (κ3) is 13.4. The molecule has 0 saturated carbocycles. The van der Waals surface area contributed by atoms with Crippen LogP contribution in [0.2, 0.25) is 0 Å². The lowest BCUT2D eigenvalue weighted by Gasteiger charge is -2.07. The number of amides is 1. The second-order valence-electron chi connectivity index (χ2n) is 4.36. The van der Waals surface area contributed by atoms with Crippen molar-refractivity contribution in [3.8, 4) is 0 Å². The number of carbonyl (C=O) groups excluding carboxylic acids is 1. The van der Waals surface area contributed by atoms with Gasteiger partial charge >= 0.3 is 0 Å². The van der Waals surface area contributed by atoms with E-state index in [1.807, 2.05) is 0 Å². The third-order valence-electron chi connectivity index (χ3n) is 2.28. The first-order valence-corrected chi connectivity index (χ1v) is 6.10. The van der Waals surface area contributed by atoms with Crippen LogP contribution in [-0.2, 0) is 4.79 Å². The monoisotopic (exact) mass is 214 g/mol. The number of hydrogen-bond donors (Lipinski definition) is 2. The van der Waals surface area contributed by atoms with E-state index in [9.17, 15) is 4.79 Å².